The standard InChI is InChI=1S/C14H18N2/c1-11-3-5-12(6-4-11)14(13-7-8-13)16-10-2-9-15/h3-6,13-14,16H,2,7-8,10H2,1H3. The topological polar surface area (TPSA) is 35.8 Å². The van der Waals surface area contributed by atoms with Crippen LogP contribution in [0.1, 0.15) is 36.4 Å². The summed E-state index contributed by atoms with van der Waals surface area (Å²) in [5, 5.41) is 12.0. The Labute approximate surface area is 97.3 Å². The van der Waals surface area contributed by atoms with Crippen LogP contribution in [0, 0.1) is 24.2 Å². The Balaban J connectivity index is 2.01. The molecule has 0 aromatic heterocycles. The Hall–Kier alpha value is -1.33. The van der Waals surface area contributed by atoms with Gasteiger partial charge in [0, 0.05) is 19.0 Å². The molecule has 1 aromatic rings. The Morgan fingerprint density at radius 3 is 2.62 bits per heavy atom. The van der Waals surface area contributed by atoms with Gasteiger partial charge in [0.25, 0.3) is 0 Å². The number of nitrogens with zero attached hydrogens (tertiary/aromatic N) is 1. The van der Waals surface area contributed by atoms with E-state index in [9.17, 15) is 0 Å². The molecule has 0 bridgehead atoms. The summed E-state index contributed by atoms with van der Waals surface area (Å²) in [4.78, 5) is 0. The molecule has 0 spiro atoms. The van der Waals surface area contributed by atoms with E-state index < -0.39 is 0 Å². The predicted molar refractivity (Wildman–Crippen MR) is 64.9 cm³/mol. The van der Waals surface area contributed by atoms with Crippen molar-refractivity contribution in [3.05, 3.63) is 35.4 Å². The van der Waals surface area contributed by atoms with Crippen molar-refractivity contribution in [3.63, 3.8) is 0 Å². The van der Waals surface area contributed by atoms with Crippen LogP contribution in [0.3, 0.4) is 0 Å². The first-order chi connectivity index (χ1) is 7.81. The molecule has 2 rings (SSSR count). The van der Waals surface area contributed by atoms with Crippen molar-refractivity contribution in [1.82, 2.24) is 5.32 Å². The maximum atomic E-state index is 8.55. The van der Waals surface area contributed by atoms with E-state index in [-0.39, 0.29) is 0 Å². The van der Waals surface area contributed by atoms with Gasteiger partial charge in [-0.2, -0.15) is 5.26 Å². The number of hydrogen-bond donors (Lipinski definition) is 1. The molecule has 1 N–H and O–H groups in total. The highest BCUT2D eigenvalue weighted by Crippen LogP contribution is 2.40. The van der Waals surface area contributed by atoms with E-state index in [4.69, 9.17) is 5.26 Å². The molecule has 0 radical (unpaired) electrons. The first-order valence-corrected chi connectivity index (χ1v) is 5.98. The molecule has 0 amide bonds. The van der Waals surface area contributed by atoms with Crippen LogP contribution in [-0.4, -0.2) is 6.54 Å². The van der Waals surface area contributed by atoms with E-state index in [1.54, 1.807) is 0 Å². The summed E-state index contributed by atoms with van der Waals surface area (Å²) in [7, 11) is 0. The molecule has 84 valence electrons. The summed E-state index contributed by atoms with van der Waals surface area (Å²) in [5.41, 5.74) is 2.67. The van der Waals surface area contributed by atoms with Gasteiger partial charge in [0.05, 0.1) is 6.07 Å². The SMILES string of the molecule is Cc1ccc(C(NCCC#N)C2CC2)cc1. The first kappa shape index (κ1) is 11.2. The number of aryl methyl sites for hydroxylation is 1. The van der Waals surface area contributed by atoms with Crippen LogP contribution in [0.4, 0.5) is 0 Å². The third kappa shape index (κ3) is 2.84. The van der Waals surface area contributed by atoms with Gasteiger partial charge in [-0.3, -0.25) is 0 Å². The second-order valence-corrected chi connectivity index (χ2v) is 4.59. The molecule has 1 aromatic carbocycles. The van der Waals surface area contributed by atoms with E-state index in [0.29, 0.717) is 12.5 Å². The molecule has 1 saturated carbocycles. The molecular weight excluding hydrogens is 196 g/mol. The second-order valence-electron chi connectivity index (χ2n) is 4.59. The quantitative estimate of drug-likeness (QED) is 0.765. The predicted octanol–water partition coefficient (Wildman–Crippen LogP) is 2.95. The second kappa shape index (κ2) is 5.14. The number of hydrogen-bond acceptors (Lipinski definition) is 2. The molecule has 1 fully saturated rings. The zero-order valence-electron chi connectivity index (χ0n) is 9.74. The largest absolute Gasteiger partial charge is 0.309 e. The van der Waals surface area contributed by atoms with E-state index in [2.05, 4.69) is 42.6 Å². The van der Waals surface area contributed by atoms with Gasteiger partial charge in [-0.1, -0.05) is 29.8 Å². The lowest BCUT2D eigenvalue weighted by atomic mass is 10.0. The lowest BCUT2D eigenvalue weighted by Gasteiger charge is -2.18. The molecule has 1 aliphatic carbocycles. The molecule has 1 unspecified atom stereocenters. The first-order valence-electron chi connectivity index (χ1n) is 5.98. The number of rotatable bonds is 5. The minimum absolute atomic E-state index is 0.453. The fraction of sp³-hybridized carbons (Fsp3) is 0.500. The number of benzene rings is 1. The fourth-order valence-corrected chi connectivity index (χ4v) is 2.04. The minimum atomic E-state index is 0.453. The molecule has 0 heterocycles. The van der Waals surface area contributed by atoms with Crippen LogP contribution in [-0.2, 0) is 0 Å². The Morgan fingerprint density at radius 2 is 2.06 bits per heavy atom. The monoisotopic (exact) mass is 214 g/mol. The molecule has 1 aliphatic rings. The third-order valence-electron chi connectivity index (χ3n) is 3.13. The summed E-state index contributed by atoms with van der Waals surface area (Å²) in [6, 6.07) is 11.4. The highest BCUT2D eigenvalue weighted by atomic mass is 14.9. The summed E-state index contributed by atoms with van der Waals surface area (Å²) in [5.74, 6) is 0.779. The third-order valence-corrected chi connectivity index (χ3v) is 3.13. The van der Waals surface area contributed by atoms with Crippen molar-refractivity contribution in [2.24, 2.45) is 5.92 Å². The minimum Gasteiger partial charge on any atom is -0.309 e. The van der Waals surface area contributed by atoms with Crippen LogP contribution < -0.4 is 5.32 Å². The smallest absolute Gasteiger partial charge is 0.0635 e. The van der Waals surface area contributed by atoms with Gasteiger partial charge in [-0.15, -0.1) is 0 Å². The van der Waals surface area contributed by atoms with Gasteiger partial charge in [0.2, 0.25) is 0 Å². The average Bonchev–Trinajstić information content (AvgIpc) is 3.10. The molecule has 0 aliphatic heterocycles. The van der Waals surface area contributed by atoms with Crippen molar-refractivity contribution >= 4 is 0 Å². The Kier molecular flexibility index (Phi) is 3.58. The van der Waals surface area contributed by atoms with Gasteiger partial charge in [-0.05, 0) is 31.2 Å². The van der Waals surface area contributed by atoms with E-state index in [1.807, 2.05) is 0 Å². The molecule has 0 saturated heterocycles. The van der Waals surface area contributed by atoms with E-state index in [0.717, 1.165) is 12.5 Å². The van der Waals surface area contributed by atoms with Crippen molar-refractivity contribution in [3.8, 4) is 6.07 Å². The molecular formula is C14H18N2. The van der Waals surface area contributed by atoms with E-state index >= 15 is 0 Å². The maximum Gasteiger partial charge on any atom is 0.0635 e. The van der Waals surface area contributed by atoms with Crippen molar-refractivity contribution in [2.45, 2.75) is 32.2 Å². The summed E-state index contributed by atoms with van der Waals surface area (Å²) in [6.07, 6.45) is 3.23. The Morgan fingerprint density at radius 1 is 1.38 bits per heavy atom. The van der Waals surface area contributed by atoms with E-state index in [1.165, 1.54) is 24.0 Å². The summed E-state index contributed by atoms with van der Waals surface area (Å²) >= 11 is 0. The van der Waals surface area contributed by atoms with Gasteiger partial charge < -0.3 is 5.32 Å². The zero-order chi connectivity index (χ0) is 11.4. The van der Waals surface area contributed by atoms with Gasteiger partial charge >= 0.3 is 0 Å². The van der Waals surface area contributed by atoms with Crippen molar-refractivity contribution < 1.29 is 0 Å². The molecule has 2 heteroatoms. The lowest BCUT2D eigenvalue weighted by Crippen LogP contribution is -2.23. The van der Waals surface area contributed by atoms with Crippen molar-refractivity contribution in [1.29, 1.82) is 5.26 Å². The van der Waals surface area contributed by atoms with Gasteiger partial charge in [0.15, 0.2) is 0 Å². The highest BCUT2D eigenvalue weighted by Gasteiger charge is 2.31. The Bertz CT molecular complexity index is 371. The normalized spacial score (nSPS) is 16.8. The fourth-order valence-electron chi connectivity index (χ4n) is 2.04. The number of nitrogens with one attached hydrogen (secondary N) is 1. The number of nitriles is 1. The summed E-state index contributed by atoms with van der Waals surface area (Å²) in [6.45, 7) is 2.91. The highest BCUT2D eigenvalue weighted by molar-refractivity contribution is 5.25. The lowest BCUT2D eigenvalue weighted by molar-refractivity contribution is 0.488. The van der Waals surface area contributed by atoms with Crippen LogP contribution in [0.5, 0.6) is 0 Å². The van der Waals surface area contributed by atoms with Crippen LogP contribution in [0.2, 0.25) is 0 Å². The van der Waals surface area contributed by atoms with Crippen LogP contribution in [0.15, 0.2) is 24.3 Å². The molecule has 16 heavy (non-hydrogen) atoms. The average molecular weight is 214 g/mol. The van der Waals surface area contributed by atoms with Gasteiger partial charge in [0.1, 0.15) is 0 Å². The molecule has 2 nitrogen and oxygen atoms in total. The zero-order valence-corrected chi connectivity index (χ0v) is 9.74. The van der Waals surface area contributed by atoms with Crippen LogP contribution in [0.25, 0.3) is 0 Å². The van der Waals surface area contributed by atoms with Crippen molar-refractivity contribution in [2.75, 3.05) is 6.54 Å². The van der Waals surface area contributed by atoms with Crippen LogP contribution >= 0.6 is 0 Å². The molecule has 1 atom stereocenters. The summed E-state index contributed by atoms with van der Waals surface area (Å²) < 4.78 is 0. The maximum absolute atomic E-state index is 8.55. The van der Waals surface area contributed by atoms with Gasteiger partial charge in [-0.25, -0.2) is 0 Å².